The van der Waals surface area contributed by atoms with Crippen LogP contribution in [-0.2, 0) is 0 Å². The van der Waals surface area contributed by atoms with Gasteiger partial charge in [0.2, 0.25) is 0 Å². The van der Waals surface area contributed by atoms with Gasteiger partial charge in [0.25, 0.3) is 5.91 Å². The molecule has 0 aliphatic carbocycles. The lowest BCUT2D eigenvalue weighted by Gasteiger charge is -2.17. The van der Waals surface area contributed by atoms with Crippen molar-refractivity contribution in [2.45, 2.75) is 19.4 Å². The molecule has 2 N–H and O–H groups in total. The first-order chi connectivity index (χ1) is 10.2. The van der Waals surface area contributed by atoms with Gasteiger partial charge in [0, 0.05) is 12.4 Å². The third kappa shape index (κ3) is 3.16. The van der Waals surface area contributed by atoms with Crippen LogP contribution in [0, 0.1) is 0 Å². The van der Waals surface area contributed by atoms with Gasteiger partial charge in [-0.25, -0.2) is 4.98 Å². The van der Waals surface area contributed by atoms with E-state index in [0.717, 1.165) is 12.2 Å². The van der Waals surface area contributed by atoms with Gasteiger partial charge in [-0.05, 0) is 18.6 Å². The lowest BCUT2D eigenvalue weighted by atomic mass is 10.1. The quantitative estimate of drug-likeness (QED) is 0.855. The van der Waals surface area contributed by atoms with E-state index in [1.807, 2.05) is 6.92 Å². The number of imidazole rings is 1. The molecular formula is C15H19N3O3. The Bertz CT molecular complexity index is 574. The molecule has 6 heteroatoms. The first-order valence-corrected chi connectivity index (χ1v) is 6.72. The molecule has 0 saturated heterocycles. The van der Waals surface area contributed by atoms with Crippen molar-refractivity contribution >= 4 is 5.91 Å². The number of ether oxygens (including phenoxy) is 2. The van der Waals surface area contributed by atoms with Crippen LogP contribution in [-0.4, -0.2) is 30.1 Å². The molecule has 21 heavy (non-hydrogen) atoms. The Morgan fingerprint density at radius 2 is 2.00 bits per heavy atom. The van der Waals surface area contributed by atoms with E-state index in [0.29, 0.717) is 17.1 Å². The summed E-state index contributed by atoms with van der Waals surface area (Å²) in [5.41, 5.74) is 0.382. The fourth-order valence-electron chi connectivity index (χ4n) is 2.14. The number of benzene rings is 1. The SMILES string of the molecule is CCC(NC(=O)c1c(OC)cccc1OC)c1ncc[nH]1. The largest absolute Gasteiger partial charge is 0.496 e. The Balaban J connectivity index is 2.27. The predicted molar refractivity (Wildman–Crippen MR) is 78.6 cm³/mol. The van der Waals surface area contributed by atoms with Gasteiger partial charge in [-0.2, -0.15) is 0 Å². The molecule has 1 amide bonds. The number of rotatable bonds is 6. The average Bonchev–Trinajstić information content (AvgIpc) is 3.05. The molecule has 1 heterocycles. The Hall–Kier alpha value is -2.50. The number of nitrogens with one attached hydrogen (secondary N) is 2. The highest BCUT2D eigenvalue weighted by Gasteiger charge is 2.22. The van der Waals surface area contributed by atoms with Gasteiger partial charge in [0.1, 0.15) is 22.9 Å². The summed E-state index contributed by atoms with van der Waals surface area (Å²) < 4.78 is 10.5. The Labute approximate surface area is 123 Å². The van der Waals surface area contributed by atoms with Crippen LogP contribution < -0.4 is 14.8 Å². The van der Waals surface area contributed by atoms with Crippen LogP contribution in [0.4, 0.5) is 0 Å². The average molecular weight is 289 g/mol. The molecule has 1 unspecified atom stereocenters. The highest BCUT2D eigenvalue weighted by molar-refractivity contribution is 5.99. The molecule has 112 valence electrons. The summed E-state index contributed by atoms with van der Waals surface area (Å²) in [4.78, 5) is 19.8. The Kier molecular flexibility index (Phi) is 4.81. The number of amides is 1. The predicted octanol–water partition coefficient (Wildman–Crippen LogP) is 2.31. The number of nitrogens with zero attached hydrogens (tertiary/aromatic N) is 1. The van der Waals surface area contributed by atoms with Crippen LogP contribution in [0.15, 0.2) is 30.6 Å². The smallest absolute Gasteiger partial charge is 0.259 e. The van der Waals surface area contributed by atoms with Crippen molar-refractivity contribution in [2.75, 3.05) is 14.2 Å². The summed E-state index contributed by atoms with van der Waals surface area (Å²) in [5.74, 6) is 1.41. The van der Waals surface area contributed by atoms with E-state index in [1.165, 1.54) is 14.2 Å². The van der Waals surface area contributed by atoms with Crippen molar-refractivity contribution in [1.82, 2.24) is 15.3 Å². The number of methoxy groups -OCH3 is 2. The molecule has 1 aromatic heterocycles. The number of aromatic amines is 1. The number of carbonyl (C=O) groups is 1. The molecule has 0 saturated carbocycles. The van der Waals surface area contributed by atoms with Gasteiger partial charge in [-0.1, -0.05) is 13.0 Å². The molecule has 6 nitrogen and oxygen atoms in total. The first kappa shape index (κ1) is 14.9. The Morgan fingerprint density at radius 1 is 1.33 bits per heavy atom. The number of H-pyrrole nitrogens is 1. The maximum Gasteiger partial charge on any atom is 0.259 e. The van der Waals surface area contributed by atoms with Gasteiger partial charge >= 0.3 is 0 Å². The molecule has 0 aliphatic heterocycles. The van der Waals surface area contributed by atoms with Gasteiger partial charge in [0.05, 0.1) is 20.3 Å². The van der Waals surface area contributed by atoms with Crippen molar-refractivity contribution < 1.29 is 14.3 Å². The van der Waals surface area contributed by atoms with Gasteiger partial charge in [-0.3, -0.25) is 4.79 Å². The van der Waals surface area contributed by atoms with Crippen LogP contribution in [0.3, 0.4) is 0 Å². The molecule has 0 bridgehead atoms. The second kappa shape index (κ2) is 6.78. The van der Waals surface area contributed by atoms with Crippen molar-refractivity contribution in [3.63, 3.8) is 0 Å². The Morgan fingerprint density at radius 3 is 2.48 bits per heavy atom. The minimum absolute atomic E-state index is 0.192. The van der Waals surface area contributed by atoms with Crippen molar-refractivity contribution in [2.24, 2.45) is 0 Å². The fraction of sp³-hybridized carbons (Fsp3) is 0.333. The first-order valence-electron chi connectivity index (χ1n) is 6.72. The van der Waals surface area contributed by atoms with E-state index in [4.69, 9.17) is 9.47 Å². The van der Waals surface area contributed by atoms with Crippen molar-refractivity contribution in [1.29, 1.82) is 0 Å². The number of aromatic nitrogens is 2. The molecular weight excluding hydrogens is 270 g/mol. The summed E-state index contributed by atoms with van der Waals surface area (Å²) >= 11 is 0. The monoisotopic (exact) mass is 289 g/mol. The summed E-state index contributed by atoms with van der Waals surface area (Å²) in [6, 6.07) is 5.04. The van der Waals surface area contributed by atoms with Gasteiger partial charge < -0.3 is 19.8 Å². The fourth-order valence-corrected chi connectivity index (χ4v) is 2.14. The summed E-state index contributed by atoms with van der Waals surface area (Å²) in [5, 5.41) is 2.94. The zero-order valence-electron chi connectivity index (χ0n) is 12.3. The molecule has 0 aliphatic rings. The maximum atomic E-state index is 12.6. The number of hydrogen-bond acceptors (Lipinski definition) is 4. The third-order valence-corrected chi connectivity index (χ3v) is 3.22. The van der Waals surface area contributed by atoms with Crippen LogP contribution >= 0.6 is 0 Å². The van der Waals surface area contributed by atoms with Crippen molar-refractivity contribution in [3.05, 3.63) is 42.0 Å². The lowest BCUT2D eigenvalue weighted by molar-refractivity contribution is 0.0927. The summed E-state index contributed by atoms with van der Waals surface area (Å²) in [7, 11) is 3.05. The summed E-state index contributed by atoms with van der Waals surface area (Å²) in [6.07, 6.45) is 4.11. The van der Waals surface area contributed by atoms with E-state index in [1.54, 1.807) is 30.6 Å². The topological polar surface area (TPSA) is 76.2 Å². The second-order valence-electron chi connectivity index (χ2n) is 4.45. The van der Waals surface area contributed by atoms with Crippen LogP contribution in [0.2, 0.25) is 0 Å². The van der Waals surface area contributed by atoms with Gasteiger partial charge in [0.15, 0.2) is 0 Å². The van der Waals surface area contributed by atoms with E-state index < -0.39 is 0 Å². The van der Waals surface area contributed by atoms with Gasteiger partial charge in [-0.15, -0.1) is 0 Å². The molecule has 0 spiro atoms. The zero-order valence-corrected chi connectivity index (χ0v) is 12.3. The normalized spacial score (nSPS) is 11.8. The minimum Gasteiger partial charge on any atom is -0.496 e. The van der Waals surface area contributed by atoms with Crippen LogP contribution in [0.5, 0.6) is 11.5 Å². The van der Waals surface area contributed by atoms with E-state index >= 15 is 0 Å². The maximum absolute atomic E-state index is 12.6. The minimum atomic E-state index is -0.257. The van der Waals surface area contributed by atoms with E-state index in [2.05, 4.69) is 15.3 Å². The van der Waals surface area contributed by atoms with Crippen LogP contribution in [0.25, 0.3) is 0 Å². The number of carbonyl (C=O) groups excluding carboxylic acids is 1. The van der Waals surface area contributed by atoms with E-state index in [9.17, 15) is 4.79 Å². The lowest BCUT2D eigenvalue weighted by Crippen LogP contribution is -2.29. The second-order valence-corrected chi connectivity index (χ2v) is 4.45. The standard InChI is InChI=1S/C15H19N3O3/c1-4-10(14-16-8-9-17-14)18-15(19)13-11(20-2)6-5-7-12(13)21-3/h5-10H,4H2,1-3H3,(H,16,17)(H,18,19). The molecule has 2 rings (SSSR count). The zero-order chi connectivity index (χ0) is 15.2. The highest BCUT2D eigenvalue weighted by atomic mass is 16.5. The molecule has 0 fully saturated rings. The molecule has 2 aromatic rings. The van der Waals surface area contributed by atoms with Crippen molar-refractivity contribution in [3.8, 4) is 11.5 Å². The van der Waals surface area contributed by atoms with Crippen LogP contribution in [0.1, 0.15) is 35.6 Å². The van der Waals surface area contributed by atoms with E-state index in [-0.39, 0.29) is 11.9 Å². The molecule has 1 atom stereocenters. The molecule has 1 aromatic carbocycles. The number of hydrogen-bond donors (Lipinski definition) is 2. The summed E-state index contributed by atoms with van der Waals surface area (Å²) in [6.45, 7) is 1.98. The highest BCUT2D eigenvalue weighted by Crippen LogP contribution is 2.28. The third-order valence-electron chi connectivity index (χ3n) is 3.22. The molecule has 0 radical (unpaired) electrons.